The predicted octanol–water partition coefficient (Wildman–Crippen LogP) is 5.95. The van der Waals surface area contributed by atoms with E-state index in [0.29, 0.717) is 30.9 Å². The number of pyridine rings is 2. The number of amides is 2. The zero-order chi connectivity index (χ0) is 29.8. The summed E-state index contributed by atoms with van der Waals surface area (Å²) in [5.41, 5.74) is 3.00. The third kappa shape index (κ3) is 7.45. The van der Waals surface area contributed by atoms with Crippen molar-refractivity contribution in [3.8, 4) is 22.1 Å². The molecule has 224 valence electrons. The maximum Gasteiger partial charge on any atom is 0.325 e. The highest BCUT2D eigenvalue weighted by Crippen LogP contribution is 2.39. The molecule has 1 saturated carbocycles. The molecule has 0 radical (unpaired) electrons. The van der Waals surface area contributed by atoms with Crippen molar-refractivity contribution in [1.82, 2.24) is 25.2 Å². The van der Waals surface area contributed by atoms with E-state index >= 15 is 0 Å². The van der Waals surface area contributed by atoms with Gasteiger partial charge in [-0.2, -0.15) is 0 Å². The number of fused-ring (bicyclic) bond motifs is 1. The Morgan fingerprint density at radius 2 is 1.88 bits per heavy atom. The molecule has 0 bridgehead atoms. The molecule has 0 unspecified atom stereocenters. The summed E-state index contributed by atoms with van der Waals surface area (Å²) in [4.78, 5) is 41.5. The van der Waals surface area contributed by atoms with Gasteiger partial charge >= 0.3 is 12.0 Å². The maximum atomic E-state index is 14.9. The molecule has 2 N–H and O–H groups in total. The molecule has 1 aliphatic heterocycles. The van der Waals surface area contributed by atoms with E-state index in [1.54, 1.807) is 23.4 Å². The lowest BCUT2D eigenvalue weighted by molar-refractivity contribution is -0.197. The highest BCUT2D eigenvalue weighted by Gasteiger charge is 2.23. The van der Waals surface area contributed by atoms with E-state index in [1.165, 1.54) is 23.5 Å². The van der Waals surface area contributed by atoms with Gasteiger partial charge < -0.3 is 20.2 Å². The lowest BCUT2D eigenvalue weighted by Gasteiger charge is -2.33. The normalized spacial score (nSPS) is 15.8. The number of urea groups is 1. The van der Waals surface area contributed by atoms with Gasteiger partial charge in [-0.25, -0.2) is 9.18 Å². The Kier molecular flexibility index (Phi) is 8.77. The second-order valence-electron chi connectivity index (χ2n) is 10.7. The molecule has 2 fully saturated rings. The zero-order valence-corrected chi connectivity index (χ0v) is 24.7. The number of halogens is 1. The summed E-state index contributed by atoms with van der Waals surface area (Å²) >= 11 is 1.48. The molecule has 12 heteroatoms. The fourth-order valence-corrected chi connectivity index (χ4v) is 5.82. The lowest BCUT2D eigenvalue weighted by Crippen LogP contribution is -2.46. The molecular formula is C31H33FN6O4S. The van der Waals surface area contributed by atoms with Crippen LogP contribution in [0.25, 0.3) is 20.8 Å². The molecule has 43 heavy (non-hydrogen) atoms. The summed E-state index contributed by atoms with van der Waals surface area (Å²) in [5, 5.41) is 7.22. The number of nitrogens with one attached hydrogen (secondary N) is 2. The Balaban J connectivity index is 1.08. The van der Waals surface area contributed by atoms with Crippen molar-refractivity contribution in [3.63, 3.8) is 0 Å². The predicted molar refractivity (Wildman–Crippen MR) is 162 cm³/mol. The number of rotatable bonds is 10. The second kappa shape index (κ2) is 13.0. The largest absolute Gasteiger partial charge is 0.453 e. The highest BCUT2D eigenvalue weighted by atomic mass is 32.1. The summed E-state index contributed by atoms with van der Waals surface area (Å²) in [6.07, 6.45) is 6.68. The summed E-state index contributed by atoms with van der Waals surface area (Å²) in [6.45, 7) is 5.71. The van der Waals surface area contributed by atoms with Crippen LogP contribution in [0.4, 0.5) is 14.9 Å². The Bertz CT molecular complexity index is 1600. The first-order valence-corrected chi connectivity index (χ1v) is 15.3. The smallest absolute Gasteiger partial charge is 0.325 e. The number of hydrogen-bond acceptors (Lipinski definition) is 9. The molecule has 10 nitrogen and oxygen atoms in total. The molecule has 0 atom stereocenters. The van der Waals surface area contributed by atoms with Crippen molar-refractivity contribution in [2.75, 3.05) is 31.5 Å². The number of anilines is 1. The van der Waals surface area contributed by atoms with Crippen molar-refractivity contribution >= 4 is 39.2 Å². The van der Waals surface area contributed by atoms with Crippen molar-refractivity contribution in [1.29, 1.82) is 0 Å². The third-order valence-electron chi connectivity index (χ3n) is 7.20. The Hall–Kier alpha value is -4.13. The molecule has 2 amide bonds. The molecule has 0 spiro atoms. The standard InChI is InChI=1S/C31H33FN6O4S/c1-2-3-29(39)42-38-14-12-37(13-15-38)19-20-4-8-24(34-18-20)28-17-25-30(43-28)27(10-11-33-25)41-26-9-7-22(16-23(26)32)36-31(40)35-21-5-6-21/h4,7-11,16-18,21H,2-3,5-6,12-15,19H2,1H3,(H2,35,36,40). The number of piperazine rings is 1. The monoisotopic (exact) mass is 604 g/mol. The molecule has 1 aromatic carbocycles. The van der Waals surface area contributed by atoms with Crippen LogP contribution in [0.1, 0.15) is 38.2 Å². The van der Waals surface area contributed by atoms with Gasteiger partial charge in [0.15, 0.2) is 11.6 Å². The van der Waals surface area contributed by atoms with Crippen LogP contribution in [-0.4, -0.2) is 64.2 Å². The Morgan fingerprint density at radius 1 is 1.05 bits per heavy atom. The van der Waals surface area contributed by atoms with Crippen LogP contribution in [0.3, 0.4) is 0 Å². The molecule has 6 rings (SSSR count). The molecule has 1 aliphatic carbocycles. The van der Waals surface area contributed by atoms with Gasteiger partial charge in [0.2, 0.25) is 0 Å². The van der Waals surface area contributed by atoms with Crippen molar-refractivity contribution in [3.05, 3.63) is 66.2 Å². The number of hydrogen-bond donors (Lipinski definition) is 2. The van der Waals surface area contributed by atoms with Gasteiger partial charge in [0, 0.05) is 75.4 Å². The molecular weight excluding hydrogens is 571 g/mol. The molecule has 1 saturated heterocycles. The van der Waals surface area contributed by atoms with Gasteiger partial charge in [-0.3, -0.25) is 19.7 Å². The summed E-state index contributed by atoms with van der Waals surface area (Å²) in [7, 11) is 0. The number of nitrogens with zero attached hydrogens (tertiary/aromatic N) is 4. The topological polar surface area (TPSA) is 109 Å². The summed E-state index contributed by atoms with van der Waals surface area (Å²) in [5.74, 6) is -0.209. The van der Waals surface area contributed by atoms with Crippen LogP contribution in [0.2, 0.25) is 0 Å². The van der Waals surface area contributed by atoms with E-state index < -0.39 is 5.82 Å². The third-order valence-corrected chi connectivity index (χ3v) is 8.36. The molecule has 4 aromatic rings. The minimum absolute atomic E-state index is 0.0537. The first-order valence-electron chi connectivity index (χ1n) is 14.5. The van der Waals surface area contributed by atoms with Crippen LogP contribution in [0, 0.1) is 5.82 Å². The number of thiophene rings is 1. The van der Waals surface area contributed by atoms with E-state index in [1.807, 2.05) is 25.3 Å². The van der Waals surface area contributed by atoms with E-state index in [2.05, 4.69) is 26.6 Å². The Labute approximate surface area is 252 Å². The second-order valence-corrected chi connectivity index (χ2v) is 11.8. The average molecular weight is 605 g/mol. The van der Waals surface area contributed by atoms with Gasteiger partial charge in [0.05, 0.1) is 20.8 Å². The Morgan fingerprint density at radius 3 is 2.60 bits per heavy atom. The fraction of sp³-hybridized carbons (Fsp3) is 0.355. The number of benzene rings is 1. The van der Waals surface area contributed by atoms with Gasteiger partial charge in [0.25, 0.3) is 0 Å². The quantitative estimate of drug-likeness (QED) is 0.229. The van der Waals surface area contributed by atoms with Gasteiger partial charge in [-0.05, 0) is 49.1 Å². The minimum Gasteiger partial charge on any atom is -0.453 e. The van der Waals surface area contributed by atoms with Crippen molar-refractivity contribution in [2.24, 2.45) is 0 Å². The molecule has 4 heterocycles. The fourth-order valence-electron chi connectivity index (χ4n) is 4.78. The van der Waals surface area contributed by atoms with Gasteiger partial charge in [-0.15, -0.1) is 16.4 Å². The number of carbonyl (C=O) groups excluding carboxylic acids is 2. The van der Waals surface area contributed by atoms with E-state index in [4.69, 9.17) is 14.6 Å². The maximum absolute atomic E-state index is 14.9. The van der Waals surface area contributed by atoms with Gasteiger partial charge in [-0.1, -0.05) is 13.0 Å². The van der Waals surface area contributed by atoms with Crippen LogP contribution >= 0.6 is 11.3 Å². The summed E-state index contributed by atoms with van der Waals surface area (Å²) < 4.78 is 21.6. The average Bonchev–Trinajstić information content (AvgIpc) is 3.69. The van der Waals surface area contributed by atoms with Crippen molar-refractivity contribution < 1.29 is 23.6 Å². The number of aromatic nitrogens is 2. The number of carbonyl (C=O) groups is 2. The SMILES string of the molecule is CCCC(=O)ON1CCN(Cc2ccc(-c3cc4nccc(Oc5ccc(NC(=O)NC6CC6)cc5F)c4s3)nc2)CC1. The van der Waals surface area contributed by atoms with Crippen LogP contribution in [0.5, 0.6) is 11.5 Å². The molecule has 2 aliphatic rings. The van der Waals surface area contributed by atoms with Crippen molar-refractivity contribution in [2.45, 2.75) is 45.2 Å². The first-order chi connectivity index (χ1) is 20.9. The minimum atomic E-state index is -0.581. The number of ether oxygens (including phenoxy) is 1. The van der Waals surface area contributed by atoms with E-state index in [0.717, 1.165) is 65.2 Å². The van der Waals surface area contributed by atoms with Crippen LogP contribution in [-0.2, 0) is 16.2 Å². The highest BCUT2D eigenvalue weighted by molar-refractivity contribution is 7.22. The van der Waals surface area contributed by atoms with Crippen LogP contribution in [0.15, 0.2) is 54.9 Å². The summed E-state index contributed by atoms with van der Waals surface area (Å²) in [6, 6.07) is 11.9. The van der Waals surface area contributed by atoms with E-state index in [9.17, 15) is 14.0 Å². The van der Waals surface area contributed by atoms with E-state index in [-0.39, 0.29) is 23.8 Å². The molecule has 3 aromatic heterocycles. The lowest BCUT2D eigenvalue weighted by atomic mass is 10.2. The first kappa shape index (κ1) is 29.0. The van der Waals surface area contributed by atoms with Gasteiger partial charge in [0.1, 0.15) is 5.75 Å². The van der Waals surface area contributed by atoms with Crippen LogP contribution < -0.4 is 15.4 Å². The zero-order valence-electron chi connectivity index (χ0n) is 23.8. The number of hydroxylamine groups is 2.